The Morgan fingerprint density at radius 3 is 2.83 bits per heavy atom. The highest BCUT2D eigenvalue weighted by Crippen LogP contribution is 1.88. The fraction of sp³-hybridized carbons (Fsp3) is 0.333. The molecule has 0 radical (unpaired) electrons. The summed E-state index contributed by atoms with van der Waals surface area (Å²) in [6, 6.07) is 7.79. The normalized spacial score (nSPS) is 8.33. The van der Waals surface area contributed by atoms with E-state index in [0.717, 1.165) is 18.7 Å². The van der Waals surface area contributed by atoms with E-state index in [0.29, 0.717) is 0 Å². The molecule has 0 spiro atoms. The van der Waals surface area contributed by atoms with Crippen LogP contribution in [-0.4, -0.2) is 0 Å². The maximum Gasteiger partial charge on any atom is 0.283 e. The molecule has 0 bridgehead atoms. The molecule has 0 aliphatic rings. The van der Waals surface area contributed by atoms with Crippen molar-refractivity contribution in [2.45, 2.75) is 19.9 Å². The first-order valence-corrected chi connectivity index (χ1v) is 3.77. The monoisotopic (exact) mass is 182 g/mol. The van der Waals surface area contributed by atoms with E-state index in [9.17, 15) is 0 Å². The van der Waals surface area contributed by atoms with Crippen LogP contribution >= 0.6 is 0 Å². The molecule has 1 aromatic heterocycles. The summed E-state index contributed by atoms with van der Waals surface area (Å²) in [7, 11) is 0. The lowest BCUT2D eigenvalue weighted by Gasteiger charge is -1.93. The topological polar surface area (TPSA) is 27.7 Å². The highest BCUT2D eigenvalue weighted by molar-refractivity contribution is 5.12. The van der Waals surface area contributed by atoms with Gasteiger partial charge in [-0.25, -0.2) is 0 Å². The summed E-state index contributed by atoms with van der Waals surface area (Å²) in [5, 5.41) is 8.67. The van der Waals surface area contributed by atoms with Crippen molar-refractivity contribution >= 4 is 0 Å². The standard InChI is InChI=1S/C9H11N2.ClH/c1-2-6-11-7-4-3-5-9(11)8-10;/h3-5,7H,2,6H2,1H3;1H/q+1;/p-1. The highest BCUT2D eigenvalue weighted by Gasteiger charge is 2.04. The minimum Gasteiger partial charge on any atom is -1.00 e. The predicted molar refractivity (Wildman–Crippen MR) is 41.6 cm³/mol. The Morgan fingerprint density at radius 1 is 1.50 bits per heavy atom. The van der Waals surface area contributed by atoms with E-state index in [-0.39, 0.29) is 12.4 Å². The van der Waals surface area contributed by atoms with E-state index in [1.165, 1.54) is 0 Å². The Kier molecular flexibility index (Phi) is 5.07. The Labute approximate surface area is 78.9 Å². The molecule has 0 fully saturated rings. The average Bonchev–Trinajstić information content (AvgIpc) is 2.06. The molecule has 0 unspecified atom stereocenters. The zero-order valence-electron chi connectivity index (χ0n) is 7.00. The number of nitriles is 1. The van der Waals surface area contributed by atoms with Gasteiger partial charge in [-0.2, -0.15) is 9.83 Å². The van der Waals surface area contributed by atoms with Gasteiger partial charge in [0.15, 0.2) is 12.3 Å². The molecular formula is C9H11ClN2. The summed E-state index contributed by atoms with van der Waals surface area (Å²) in [5.41, 5.74) is 0.731. The Morgan fingerprint density at radius 2 is 2.25 bits per heavy atom. The number of rotatable bonds is 2. The maximum atomic E-state index is 8.67. The van der Waals surface area contributed by atoms with Gasteiger partial charge in [0.05, 0.1) is 0 Å². The van der Waals surface area contributed by atoms with Crippen LogP contribution in [-0.2, 0) is 6.54 Å². The highest BCUT2D eigenvalue weighted by atomic mass is 35.5. The molecule has 0 N–H and O–H groups in total. The van der Waals surface area contributed by atoms with E-state index in [1.807, 2.05) is 29.0 Å². The zero-order chi connectivity index (χ0) is 8.10. The van der Waals surface area contributed by atoms with Crippen LogP contribution in [0.15, 0.2) is 24.4 Å². The van der Waals surface area contributed by atoms with Gasteiger partial charge in [-0.05, 0) is 6.07 Å². The quantitative estimate of drug-likeness (QED) is 0.499. The van der Waals surface area contributed by atoms with Crippen molar-refractivity contribution in [3.63, 3.8) is 0 Å². The van der Waals surface area contributed by atoms with Crippen molar-refractivity contribution in [3.8, 4) is 6.07 Å². The molecular weight excluding hydrogens is 172 g/mol. The molecule has 0 atom stereocenters. The fourth-order valence-corrected chi connectivity index (χ4v) is 1.01. The van der Waals surface area contributed by atoms with Crippen molar-refractivity contribution in [1.82, 2.24) is 0 Å². The summed E-state index contributed by atoms with van der Waals surface area (Å²) < 4.78 is 1.96. The minimum atomic E-state index is 0. The molecule has 0 amide bonds. The SMILES string of the molecule is CCC[n+]1ccccc1C#N.[Cl-]. The third-order valence-corrected chi connectivity index (χ3v) is 1.52. The van der Waals surface area contributed by atoms with Gasteiger partial charge in [-0.15, -0.1) is 0 Å². The van der Waals surface area contributed by atoms with Crippen LogP contribution in [0.1, 0.15) is 19.0 Å². The second kappa shape index (κ2) is 5.56. The second-order valence-corrected chi connectivity index (χ2v) is 2.39. The summed E-state index contributed by atoms with van der Waals surface area (Å²) >= 11 is 0. The number of pyridine rings is 1. The molecule has 1 heterocycles. The lowest BCUT2D eigenvalue weighted by atomic mass is 10.3. The summed E-state index contributed by atoms with van der Waals surface area (Å²) in [6.45, 7) is 3.02. The Hall–Kier alpha value is -1.07. The Bertz CT molecular complexity index is 278. The van der Waals surface area contributed by atoms with Crippen molar-refractivity contribution < 1.29 is 17.0 Å². The molecule has 64 valence electrons. The number of halogens is 1. The molecule has 0 saturated heterocycles. The first kappa shape index (κ1) is 10.9. The molecule has 0 saturated carbocycles. The van der Waals surface area contributed by atoms with Crippen LogP contribution in [0.5, 0.6) is 0 Å². The third-order valence-electron chi connectivity index (χ3n) is 1.52. The number of aromatic nitrogens is 1. The van der Waals surface area contributed by atoms with Crippen molar-refractivity contribution in [1.29, 1.82) is 5.26 Å². The molecule has 1 rings (SSSR count). The maximum absolute atomic E-state index is 8.67. The van der Waals surface area contributed by atoms with Crippen LogP contribution in [0.4, 0.5) is 0 Å². The van der Waals surface area contributed by atoms with Gasteiger partial charge >= 0.3 is 0 Å². The first-order chi connectivity index (χ1) is 5.38. The van der Waals surface area contributed by atoms with E-state index in [2.05, 4.69) is 13.0 Å². The van der Waals surface area contributed by atoms with E-state index < -0.39 is 0 Å². The van der Waals surface area contributed by atoms with Gasteiger partial charge in [0.2, 0.25) is 0 Å². The van der Waals surface area contributed by atoms with Gasteiger partial charge in [0, 0.05) is 18.6 Å². The van der Waals surface area contributed by atoms with Gasteiger partial charge in [-0.3, -0.25) is 0 Å². The molecule has 0 aliphatic carbocycles. The average molecular weight is 183 g/mol. The van der Waals surface area contributed by atoms with Crippen molar-refractivity contribution in [3.05, 3.63) is 30.1 Å². The largest absolute Gasteiger partial charge is 1.00 e. The molecule has 12 heavy (non-hydrogen) atoms. The lowest BCUT2D eigenvalue weighted by Crippen LogP contribution is -3.00. The van der Waals surface area contributed by atoms with Gasteiger partial charge in [-0.1, -0.05) is 6.92 Å². The minimum absolute atomic E-state index is 0. The summed E-state index contributed by atoms with van der Waals surface area (Å²) in [6.07, 6.45) is 2.99. The fourth-order valence-electron chi connectivity index (χ4n) is 1.01. The van der Waals surface area contributed by atoms with Gasteiger partial charge < -0.3 is 12.4 Å². The van der Waals surface area contributed by atoms with Crippen molar-refractivity contribution in [2.75, 3.05) is 0 Å². The third kappa shape index (κ3) is 2.52. The van der Waals surface area contributed by atoms with Gasteiger partial charge in [0.25, 0.3) is 5.69 Å². The summed E-state index contributed by atoms with van der Waals surface area (Å²) in [4.78, 5) is 0. The van der Waals surface area contributed by atoms with Crippen LogP contribution in [0.25, 0.3) is 0 Å². The van der Waals surface area contributed by atoms with Gasteiger partial charge in [0.1, 0.15) is 6.54 Å². The van der Waals surface area contributed by atoms with Crippen molar-refractivity contribution in [2.24, 2.45) is 0 Å². The molecule has 3 heteroatoms. The van der Waals surface area contributed by atoms with Crippen LogP contribution in [0.3, 0.4) is 0 Å². The van der Waals surface area contributed by atoms with E-state index in [4.69, 9.17) is 5.26 Å². The number of nitrogens with zero attached hydrogens (tertiary/aromatic N) is 2. The van der Waals surface area contributed by atoms with Crippen LogP contribution in [0.2, 0.25) is 0 Å². The van der Waals surface area contributed by atoms with E-state index >= 15 is 0 Å². The lowest BCUT2D eigenvalue weighted by molar-refractivity contribution is -0.699. The number of hydrogen-bond acceptors (Lipinski definition) is 1. The Balaban J connectivity index is 0.00000121. The van der Waals surface area contributed by atoms with Crippen LogP contribution < -0.4 is 17.0 Å². The van der Waals surface area contributed by atoms with Crippen LogP contribution in [0, 0.1) is 11.3 Å². The molecule has 0 aliphatic heterocycles. The predicted octanol–water partition coefficient (Wildman–Crippen LogP) is -1.74. The molecule has 2 nitrogen and oxygen atoms in total. The molecule has 0 aromatic carbocycles. The van der Waals surface area contributed by atoms with E-state index in [1.54, 1.807) is 0 Å². The first-order valence-electron chi connectivity index (χ1n) is 3.77. The molecule has 1 aromatic rings. The smallest absolute Gasteiger partial charge is 0.283 e. The number of hydrogen-bond donors (Lipinski definition) is 0. The second-order valence-electron chi connectivity index (χ2n) is 2.39. The number of aryl methyl sites for hydroxylation is 1. The zero-order valence-corrected chi connectivity index (χ0v) is 7.75. The summed E-state index contributed by atoms with van der Waals surface area (Å²) in [5.74, 6) is 0.